The minimum atomic E-state index is -0.153. The number of morpholine rings is 1. The zero-order valence-electron chi connectivity index (χ0n) is 15.6. The summed E-state index contributed by atoms with van der Waals surface area (Å²) in [6.07, 6.45) is 7.42. The standard InChI is InChI=1S/C18H21N7O2/c1-11-21-13-7-19-17(22-15(13)16(26)24(11)3)25-9-14(12-6-20-23(2)8-12)27-18(10-25)4-5-18/h6-8,14H,4-5,9-10H2,1-3H3. The van der Waals surface area contributed by atoms with Crippen LogP contribution in [0.15, 0.2) is 23.4 Å². The average molecular weight is 367 g/mol. The number of aryl methyl sites for hydroxylation is 2. The first-order valence-electron chi connectivity index (χ1n) is 9.06. The van der Waals surface area contributed by atoms with Crippen LogP contribution in [0.5, 0.6) is 0 Å². The van der Waals surface area contributed by atoms with Gasteiger partial charge in [-0.3, -0.25) is 14.0 Å². The van der Waals surface area contributed by atoms with E-state index < -0.39 is 0 Å². The van der Waals surface area contributed by atoms with Gasteiger partial charge in [-0.15, -0.1) is 0 Å². The van der Waals surface area contributed by atoms with Crippen LogP contribution in [-0.2, 0) is 18.8 Å². The Morgan fingerprint density at radius 2 is 2.04 bits per heavy atom. The topological polar surface area (TPSA) is 91.0 Å². The van der Waals surface area contributed by atoms with Crippen molar-refractivity contribution in [2.45, 2.75) is 31.5 Å². The molecule has 9 heteroatoms. The van der Waals surface area contributed by atoms with E-state index in [9.17, 15) is 4.79 Å². The van der Waals surface area contributed by atoms with Gasteiger partial charge in [0.1, 0.15) is 17.4 Å². The van der Waals surface area contributed by atoms with Crippen LogP contribution in [-0.4, -0.2) is 48.0 Å². The number of fused-ring (bicyclic) bond motifs is 1. The molecule has 1 spiro atoms. The summed E-state index contributed by atoms with van der Waals surface area (Å²) in [6.45, 7) is 3.15. The molecule has 5 rings (SSSR count). The first kappa shape index (κ1) is 16.4. The smallest absolute Gasteiger partial charge is 0.279 e. The SMILES string of the molecule is Cc1nc2cnc(N3CC(c4cnn(C)c4)OC4(CC4)C3)nc2c(=O)n1C. The molecule has 27 heavy (non-hydrogen) atoms. The molecule has 1 saturated heterocycles. The largest absolute Gasteiger partial charge is 0.363 e. The number of ether oxygens (including phenoxy) is 1. The molecule has 0 aromatic carbocycles. The molecule has 1 unspecified atom stereocenters. The highest BCUT2D eigenvalue weighted by Crippen LogP contribution is 2.47. The Morgan fingerprint density at radius 1 is 1.22 bits per heavy atom. The van der Waals surface area contributed by atoms with Gasteiger partial charge in [-0.05, 0) is 19.8 Å². The fourth-order valence-electron chi connectivity index (χ4n) is 3.65. The molecular weight excluding hydrogens is 346 g/mol. The van der Waals surface area contributed by atoms with Gasteiger partial charge in [0.25, 0.3) is 5.56 Å². The minimum absolute atomic E-state index is 0.0896. The van der Waals surface area contributed by atoms with Gasteiger partial charge in [0.05, 0.1) is 31.1 Å². The van der Waals surface area contributed by atoms with E-state index >= 15 is 0 Å². The van der Waals surface area contributed by atoms with Gasteiger partial charge in [-0.25, -0.2) is 15.0 Å². The van der Waals surface area contributed by atoms with Gasteiger partial charge >= 0.3 is 0 Å². The summed E-state index contributed by atoms with van der Waals surface area (Å²) in [5, 5.41) is 4.26. The van der Waals surface area contributed by atoms with Crippen LogP contribution in [0.1, 0.15) is 30.3 Å². The third kappa shape index (κ3) is 2.69. The fourth-order valence-corrected chi connectivity index (χ4v) is 3.65. The summed E-state index contributed by atoms with van der Waals surface area (Å²) in [7, 11) is 3.60. The summed E-state index contributed by atoms with van der Waals surface area (Å²) in [5.74, 6) is 1.19. The maximum atomic E-state index is 12.6. The van der Waals surface area contributed by atoms with Crippen LogP contribution < -0.4 is 10.5 Å². The van der Waals surface area contributed by atoms with E-state index in [1.807, 2.05) is 19.4 Å². The zero-order chi connectivity index (χ0) is 18.8. The average Bonchev–Trinajstić information content (AvgIpc) is 3.24. The number of anilines is 1. The Hall–Kier alpha value is -2.81. The molecule has 1 atom stereocenters. The van der Waals surface area contributed by atoms with E-state index in [2.05, 4.69) is 25.0 Å². The molecular formula is C18H21N7O2. The Labute approximate surface area is 155 Å². The molecule has 2 fully saturated rings. The number of hydrogen-bond acceptors (Lipinski definition) is 7. The monoisotopic (exact) mass is 367 g/mol. The lowest BCUT2D eigenvalue weighted by Crippen LogP contribution is -2.46. The molecule has 3 aromatic heterocycles. The van der Waals surface area contributed by atoms with Crippen molar-refractivity contribution in [2.24, 2.45) is 14.1 Å². The second-order valence-electron chi connectivity index (χ2n) is 7.54. The lowest BCUT2D eigenvalue weighted by molar-refractivity contribution is -0.0458. The van der Waals surface area contributed by atoms with Crippen LogP contribution >= 0.6 is 0 Å². The predicted molar refractivity (Wildman–Crippen MR) is 98.5 cm³/mol. The minimum Gasteiger partial charge on any atom is -0.363 e. The van der Waals surface area contributed by atoms with Crippen LogP contribution in [0.2, 0.25) is 0 Å². The first-order valence-corrected chi connectivity index (χ1v) is 9.06. The highest BCUT2D eigenvalue weighted by Gasteiger charge is 2.51. The van der Waals surface area contributed by atoms with Crippen molar-refractivity contribution in [3.05, 3.63) is 40.3 Å². The zero-order valence-corrected chi connectivity index (χ0v) is 15.6. The second-order valence-corrected chi connectivity index (χ2v) is 7.54. The molecule has 0 radical (unpaired) electrons. The number of rotatable bonds is 2. The van der Waals surface area contributed by atoms with Crippen LogP contribution in [0.25, 0.3) is 11.0 Å². The molecule has 2 aliphatic rings. The molecule has 1 aliphatic carbocycles. The van der Waals surface area contributed by atoms with Crippen molar-refractivity contribution >= 4 is 17.0 Å². The van der Waals surface area contributed by atoms with Gasteiger partial charge in [0, 0.05) is 25.9 Å². The Bertz CT molecular complexity index is 1100. The summed E-state index contributed by atoms with van der Waals surface area (Å²) >= 11 is 0. The van der Waals surface area contributed by atoms with E-state index in [1.165, 1.54) is 4.57 Å². The van der Waals surface area contributed by atoms with E-state index in [-0.39, 0.29) is 17.3 Å². The number of aromatic nitrogens is 6. The van der Waals surface area contributed by atoms with E-state index in [0.29, 0.717) is 29.4 Å². The molecule has 140 valence electrons. The van der Waals surface area contributed by atoms with E-state index in [1.54, 1.807) is 24.9 Å². The summed E-state index contributed by atoms with van der Waals surface area (Å²) in [6, 6.07) is 0. The van der Waals surface area contributed by atoms with Crippen molar-refractivity contribution in [1.82, 2.24) is 29.3 Å². The van der Waals surface area contributed by atoms with Gasteiger partial charge < -0.3 is 9.64 Å². The van der Waals surface area contributed by atoms with Crippen molar-refractivity contribution in [1.29, 1.82) is 0 Å². The van der Waals surface area contributed by atoms with Gasteiger partial charge in [0.2, 0.25) is 5.95 Å². The quantitative estimate of drug-likeness (QED) is 0.664. The molecule has 1 saturated carbocycles. The third-order valence-electron chi connectivity index (χ3n) is 5.48. The normalized spacial score (nSPS) is 21.1. The predicted octanol–water partition coefficient (Wildman–Crippen LogP) is 0.876. The van der Waals surface area contributed by atoms with Gasteiger partial charge in [-0.2, -0.15) is 5.10 Å². The highest BCUT2D eigenvalue weighted by molar-refractivity contribution is 5.73. The van der Waals surface area contributed by atoms with Crippen LogP contribution in [0, 0.1) is 6.92 Å². The Kier molecular flexibility index (Phi) is 3.39. The van der Waals surface area contributed by atoms with Gasteiger partial charge in [0.15, 0.2) is 5.52 Å². The van der Waals surface area contributed by atoms with E-state index in [4.69, 9.17) is 4.74 Å². The third-order valence-corrected chi connectivity index (χ3v) is 5.48. The fraction of sp³-hybridized carbons (Fsp3) is 0.500. The lowest BCUT2D eigenvalue weighted by Gasteiger charge is -2.38. The maximum absolute atomic E-state index is 12.6. The second kappa shape index (κ2) is 5.59. The highest BCUT2D eigenvalue weighted by atomic mass is 16.5. The summed E-state index contributed by atoms with van der Waals surface area (Å²) in [5.41, 5.74) is 1.62. The Morgan fingerprint density at radius 3 is 2.74 bits per heavy atom. The first-order chi connectivity index (χ1) is 12.9. The molecule has 1 aliphatic heterocycles. The molecule has 0 N–H and O–H groups in total. The number of nitrogens with zero attached hydrogens (tertiary/aromatic N) is 7. The van der Waals surface area contributed by atoms with Crippen molar-refractivity contribution in [3.63, 3.8) is 0 Å². The lowest BCUT2D eigenvalue weighted by atomic mass is 10.1. The van der Waals surface area contributed by atoms with E-state index in [0.717, 1.165) is 24.9 Å². The summed E-state index contributed by atoms with van der Waals surface area (Å²) in [4.78, 5) is 28.2. The maximum Gasteiger partial charge on any atom is 0.279 e. The molecule has 9 nitrogen and oxygen atoms in total. The molecule has 4 heterocycles. The van der Waals surface area contributed by atoms with Gasteiger partial charge in [-0.1, -0.05) is 0 Å². The molecule has 0 amide bonds. The van der Waals surface area contributed by atoms with Crippen molar-refractivity contribution < 1.29 is 4.74 Å². The van der Waals surface area contributed by atoms with Crippen LogP contribution in [0.4, 0.5) is 5.95 Å². The van der Waals surface area contributed by atoms with Crippen molar-refractivity contribution in [2.75, 3.05) is 18.0 Å². The Balaban J connectivity index is 1.54. The van der Waals surface area contributed by atoms with Crippen LogP contribution in [0.3, 0.4) is 0 Å². The molecule has 0 bridgehead atoms. The van der Waals surface area contributed by atoms with Crippen molar-refractivity contribution in [3.8, 4) is 0 Å². The number of hydrogen-bond donors (Lipinski definition) is 0. The molecule has 3 aromatic rings. The summed E-state index contributed by atoms with van der Waals surface area (Å²) < 4.78 is 9.65.